The second kappa shape index (κ2) is 8.84. The molecule has 3 aromatic heterocycles. The van der Waals surface area contributed by atoms with Crippen molar-refractivity contribution >= 4 is 43.5 Å². The van der Waals surface area contributed by atoms with E-state index in [1.165, 1.54) is 29.2 Å². The minimum Gasteiger partial charge on any atom is -0.286 e. The molecule has 5 aromatic rings. The molecule has 3 heterocycles. The SMILES string of the molecule is C[C@@H](Cn1c(SCc2ccccc2F)nc2c(sc3ncccc32)c1=O)c1ccccc1. The van der Waals surface area contributed by atoms with Crippen molar-refractivity contribution in [1.29, 1.82) is 0 Å². The molecule has 0 saturated heterocycles. The summed E-state index contributed by atoms with van der Waals surface area (Å²) in [5, 5.41) is 1.47. The molecule has 7 heteroatoms. The number of thiophene rings is 1. The summed E-state index contributed by atoms with van der Waals surface area (Å²) >= 11 is 2.76. The molecule has 2 aromatic carbocycles. The second-order valence-corrected chi connectivity index (χ2v) is 9.58. The standard InChI is InChI=1S/C25H20FN3OS2/c1-16(17-8-3-2-4-9-17)14-29-24(30)22-21(19-11-7-13-27-23(19)32-22)28-25(29)31-15-18-10-5-6-12-20(18)26/h2-13,16H,14-15H2,1H3/t16-/m0/s1. The summed E-state index contributed by atoms with van der Waals surface area (Å²) in [6.07, 6.45) is 1.72. The van der Waals surface area contributed by atoms with Crippen LogP contribution >= 0.6 is 23.1 Å². The van der Waals surface area contributed by atoms with Crippen LogP contribution in [0, 0.1) is 5.82 Å². The van der Waals surface area contributed by atoms with Crippen LogP contribution in [0.15, 0.2) is 82.9 Å². The third kappa shape index (κ3) is 3.94. The Bertz CT molecular complexity index is 1460. The van der Waals surface area contributed by atoms with Gasteiger partial charge in [-0.05, 0) is 35.2 Å². The predicted octanol–water partition coefficient (Wildman–Crippen LogP) is 6.24. The molecule has 4 nitrogen and oxygen atoms in total. The number of hydrogen-bond acceptors (Lipinski definition) is 5. The number of nitrogens with zero attached hydrogens (tertiary/aromatic N) is 3. The number of fused-ring (bicyclic) bond motifs is 3. The average Bonchev–Trinajstić information content (AvgIpc) is 3.20. The van der Waals surface area contributed by atoms with E-state index in [0.717, 1.165) is 15.8 Å². The van der Waals surface area contributed by atoms with Crippen molar-refractivity contribution in [3.05, 3.63) is 100 Å². The van der Waals surface area contributed by atoms with Crippen molar-refractivity contribution in [1.82, 2.24) is 14.5 Å². The first kappa shape index (κ1) is 20.8. The lowest BCUT2D eigenvalue weighted by Gasteiger charge is -2.17. The first-order valence-electron chi connectivity index (χ1n) is 10.3. The predicted molar refractivity (Wildman–Crippen MR) is 130 cm³/mol. The van der Waals surface area contributed by atoms with Gasteiger partial charge in [-0.15, -0.1) is 11.3 Å². The normalized spacial score (nSPS) is 12.4. The van der Waals surface area contributed by atoms with Gasteiger partial charge in [-0.1, -0.05) is 67.2 Å². The summed E-state index contributed by atoms with van der Waals surface area (Å²) in [5.41, 5.74) is 2.34. The first-order chi connectivity index (χ1) is 15.6. The fourth-order valence-electron chi connectivity index (χ4n) is 3.73. The van der Waals surface area contributed by atoms with Crippen LogP contribution in [-0.4, -0.2) is 14.5 Å². The first-order valence-corrected chi connectivity index (χ1v) is 12.1. The maximum absolute atomic E-state index is 14.2. The number of hydrogen-bond donors (Lipinski definition) is 0. The molecule has 0 fully saturated rings. The molecule has 0 aliphatic carbocycles. The monoisotopic (exact) mass is 461 g/mol. The van der Waals surface area contributed by atoms with Crippen LogP contribution in [0.1, 0.15) is 24.0 Å². The molecule has 0 aliphatic rings. The molecule has 0 spiro atoms. The molecule has 5 rings (SSSR count). The van der Waals surface area contributed by atoms with Gasteiger partial charge < -0.3 is 0 Å². The second-order valence-electron chi connectivity index (χ2n) is 7.64. The van der Waals surface area contributed by atoms with Gasteiger partial charge in [0.25, 0.3) is 5.56 Å². The van der Waals surface area contributed by atoms with E-state index in [0.29, 0.717) is 33.2 Å². The quantitative estimate of drug-likeness (QED) is 0.222. The molecule has 0 saturated carbocycles. The zero-order valence-corrected chi connectivity index (χ0v) is 19.0. The summed E-state index contributed by atoms with van der Waals surface area (Å²) in [6, 6.07) is 20.6. The van der Waals surface area contributed by atoms with Crippen molar-refractivity contribution in [2.75, 3.05) is 0 Å². The van der Waals surface area contributed by atoms with Gasteiger partial charge >= 0.3 is 0 Å². The fourth-order valence-corrected chi connectivity index (χ4v) is 5.75. The van der Waals surface area contributed by atoms with Crippen LogP contribution < -0.4 is 5.56 Å². The van der Waals surface area contributed by atoms with Gasteiger partial charge in [0.2, 0.25) is 0 Å². The largest absolute Gasteiger partial charge is 0.286 e. The Morgan fingerprint density at radius 2 is 1.84 bits per heavy atom. The molecular formula is C25H20FN3OS2. The Morgan fingerprint density at radius 1 is 1.06 bits per heavy atom. The summed E-state index contributed by atoms with van der Waals surface area (Å²) in [6.45, 7) is 2.59. The number of thioether (sulfide) groups is 1. The molecule has 0 unspecified atom stereocenters. The van der Waals surface area contributed by atoms with Crippen molar-refractivity contribution in [2.45, 2.75) is 30.3 Å². The van der Waals surface area contributed by atoms with Gasteiger partial charge in [0, 0.05) is 23.9 Å². The van der Waals surface area contributed by atoms with Gasteiger partial charge in [-0.3, -0.25) is 9.36 Å². The molecule has 0 aliphatic heterocycles. The zero-order chi connectivity index (χ0) is 22.1. The highest BCUT2D eigenvalue weighted by atomic mass is 32.2. The Hall–Kier alpha value is -3.03. The summed E-state index contributed by atoms with van der Waals surface area (Å²) in [4.78, 5) is 23.7. The van der Waals surface area contributed by atoms with E-state index in [1.807, 2.05) is 36.4 Å². The number of benzene rings is 2. The van der Waals surface area contributed by atoms with E-state index in [4.69, 9.17) is 4.98 Å². The highest BCUT2D eigenvalue weighted by Crippen LogP contribution is 2.32. The Labute approximate surface area is 192 Å². The minimum atomic E-state index is -0.252. The van der Waals surface area contributed by atoms with Crippen LogP contribution in [0.4, 0.5) is 4.39 Å². The van der Waals surface area contributed by atoms with Gasteiger partial charge in [0.1, 0.15) is 15.3 Å². The van der Waals surface area contributed by atoms with E-state index in [2.05, 4.69) is 24.0 Å². The zero-order valence-electron chi connectivity index (χ0n) is 17.4. The highest BCUT2D eigenvalue weighted by molar-refractivity contribution is 7.98. The number of aromatic nitrogens is 3. The number of halogens is 1. The minimum absolute atomic E-state index is 0.0724. The molecule has 0 amide bonds. The van der Waals surface area contributed by atoms with Crippen LogP contribution in [0.5, 0.6) is 0 Å². The third-order valence-corrected chi connectivity index (χ3v) is 7.57. The molecule has 0 bridgehead atoms. The lowest BCUT2D eigenvalue weighted by atomic mass is 10.0. The van der Waals surface area contributed by atoms with Gasteiger partial charge in [0.05, 0.1) is 5.52 Å². The van der Waals surface area contributed by atoms with E-state index in [9.17, 15) is 9.18 Å². The van der Waals surface area contributed by atoms with Crippen LogP contribution in [0.25, 0.3) is 20.4 Å². The van der Waals surface area contributed by atoms with Crippen molar-refractivity contribution in [3.8, 4) is 0 Å². The lowest BCUT2D eigenvalue weighted by molar-refractivity contribution is 0.532. The number of pyridine rings is 1. The van der Waals surface area contributed by atoms with Crippen molar-refractivity contribution in [3.63, 3.8) is 0 Å². The van der Waals surface area contributed by atoms with Crippen LogP contribution in [0.3, 0.4) is 0 Å². The number of rotatable bonds is 6. The van der Waals surface area contributed by atoms with E-state index in [1.54, 1.807) is 22.9 Å². The summed E-state index contributed by atoms with van der Waals surface area (Å²) < 4.78 is 16.5. The van der Waals surface area contributed by atoms with Crippen molar-refractivity contribution in [2.24, 2.45) is 0 Å². The van der Waals surface area contributed by atoms with E-state index in [-0.39, 0.29) is 17.3 Å². The molecular weight excluding hydrogens is 441 g/mol. The molecule has 32 heavy (non-hydrogen) atoms. The maximum Gasteiger partial charge on any atom is 0.272 e. The highest BCUT2D eigenvalue weighted by Gasteiger charge is 2.19. The average molecular weight is 462 g/mol. The summed E-state index contributed by atoms with van der Waals surface area (Å²) in [5.74, 6) is 0.260. The van der Waals surface area contributed by atoms with Gasteiger partial charge in [0.15, 0.2) is 5.16 Å². The van der Waals surface area contributed by atoms with E-state index < -0.39 is 0 Å². The topological polar surface area (TPSA) is 47.8 Å². The Morgan fingerprint density at radius 3 is 2.66 bits per heavy atom. The Kier molecular flexibility index (Phi) is 5.76. The maximum atomic E-state index is 14.2. The molecule has 0 radical (unpaired) electrons. The van der Waals surface area contributed by atoms with Crippen LogP contribution in [0.2, 0.25) is 0 Å². The lowest BCUT2D eigenvalue weighted by Crippen LogP contribution is -2.25. The third-order valence-electron chi connectivity index (χ3n) is 5.46. The fraction of sp³-hybridized carbons (Fsp3) is 0.160. The van der Waals surface area contributed by atoms with Crippen molar-refractivity contribution < 1.29 is 4.39 Å². The molecule has 1 atom stereocenters. The molecule has 160 valence electrons. The smallest absolute Gasteiger partial charge is 0.272 e. The van der Waals surface area contributed by atoms with Crippen LogP contribution in [-0.2, 0) is 12.3 Å². The Balaban J connectivity index is 1.61. The summed E-state index contributed by atoms with van der Waals surface area (Å²) in [7, 11) is 0. The van der Waals surface area contributed by atoms with Gasteiger partial charge in [-0.25, -0.2) is 14.4 Å². The van der Waals surface area contributed by atoms with Gasteiger partial charge in [-0.2, -0.15) is 0 Å². The molecule has 0 N–H and O–H groups in total. The van der Waals surface area contributed by atoms with E-state index >= 15 is 0 Å².